The Morgan fingerprint density at radius 2 is 1.95 bits per heavy atom. The normalized spacial score (nSPS) is 12.2. The largest absolute Gasteiger partial charge is 0.354 e. The van der Waals surface area contributed by atoms with Gasteiger partial charge in [-0.25, -0.2) is 4.68 Å². The SMILES string of the molecule is CNC(C)CNC(=O)Cc1nnn(-c2ccc(C)cc2)c1C. The summed E-state index contributed by atoms with van der Waals surface area (Å²) in [5, 5.41) is 14.3. The lowest BCUT2D eigenvalue weighted by atomic mass is 10.2. The molecular weight excluding hydrogens is 278 g/mol. The Kier molecular flexibility index (Phi) is 5.27. The van der Waals surface area contributed by atoms with Gasteiger partial charge in [0.2, 0.25) is 5.91 Å². The molecule has 1 atom stereocenters. The second kappa shape index (κ2) is 7.17. The molecule has 2 aromatic rings. The minimum atomic E-state index is -0.0406. The third kappa shape index (κ3) is 3.92. The highest BCUT2D eigenvalue weighted by Crippen LogP contribution is 2.13. The van der Waals surface area contributed by atoms with E-state index < -0.39 is 0 Å². The average molecular weight is 301 g/mol. The fraction of sp³-hybridized carbons (Fsp3) is 0.438. The molecule has 0 aliphatic heterocycles. The molecule has 2 N–H and O–H groups in total. The van der Waals surface area contributed by atoms with E-state index in [9.17, 15) is 4.79 Å². The van der Waals surface area contributed by atoms with Gasteiger partial charge in [-0.1, -0.05) is 22.9 Å². The molecule has 0 aliphatic rings. The Morgan fingerprint density at radius 1 is 1.27 bits per heavy atom. The van der Waals surface area contributed by atoms with Crippen molar-refractivity contribution in [1.29, 1.82) is 0 Å². The van der Waals surface area contributed by atoms with E-state index in [0.29, 0.717) is 12.2 Å². The molecular formula is C16H23N5O. The van der Waals surface area contributed by atoms with Crippen molar-refractivity contribution in [3.05, 3.63) is 41.2 Å². The van der Waals surface area contributed by atoms with Crippen LogP contribution in [-0.2, 0) is 11.2 Å². The van der Waals surface area contributed by atoms with Crippen molar-refractivity contribution in [1.82, 2.24) is 25.6 Å². The van der Waals surface area contributed by atoms with E-state index in [-0.39, 0.29) is 18.4 Å². The molecule has 22 heavy (non-hydrogen) atoms. The molecule has 118 valence electrons. The lowest BCUT2D eigenvalue weighted by Gasteiger charge is -2.10. The molecule has 1 aromatic heterocycles. The molecule has 0 saturated carbocycles. The number of aryl methyl sites for hydroxylation is 1. The molecule has 2 rings (SSSR count). The zero-order valence-corrected chi connectivity index (χ0v) is 13.6. The highest BCUT2D eigenvalue weighted by Gasteiger charge is 2.14. The number of nitrogens with zero attached hydrogens (tertiary/aromatic N) is 3. The number of carbonyl (C=O) groups excluding carboxylic acids is 1. The standard InChI is InChI=1S/C16H23N5O/c1-11-5-7-14(8-6-11)21-13(3)15(19-20-21)9-16(22)18-10-12(2)17-4/h5-8,12,17H,9-10H2,1-4H3,(H,18,22). The molecule has 0 spiro atoms. The van der Waals surface area contributed by atoms with E-state index >= 15 is 0 Å². The van der Waals surface area contributed by atoms with Crippen LogP contribution >= 0.6 is 0 Å². The molecule has 0 aliphatic carbocycles. The van der Waals surface area contributed by atoms with Crippen molar-refractivity contribution in [3.63, 3.8) is 0 Å². The van der Waals surface area contributed by atoms with Crippen LogP contribution in [0.5, 0.6) is 0 Å². The lowest BCUT2D eigenvalue weighted by Crippen LogP contribution is -2.37. The van der Waals surface area contributed by atoms with Gasteiger partial charge in [-0.3, -0.25) is 4.79 Å². The predicted octanol–water partition coefficient (Wildman–Crippen LogP) is 1.15. The summed E-state index contributed by atoms with van der Waals surface area (Å²) < 4.78 is 1.76. The summed E-state index contributed by atoms with van der Waals surface area (Å²) in [7, 11) is 1.87. The Labute approximate surface area is 130 Å². The maximum Gasteiger partial charge on any atom is 0.226 e. The van der Waals surface area contributed by atoms with Gasteiger partial charge in [0, 0.05) is 12.6 Å². The highest BCUT2D eigenvalue weighted by molar-refractivity contribution is 5.78. The molecule has 0 bridgehead atoms. The second-order valence-corrected chi connectivity index (χ2v) is 5.54. The van der Waals surface area contributed by atoms with Gasteiger partial charge < -0.3 is 10.6 Å². The van der Waals surface area contributed by atoms with Crippen LogP contribution < -0.4 is 10.6 Å². The summed E-state index contributed by atoms with van der Waals surface area (Å²) >= 11 is 0. The van der Waals surface area contributed by atoms with E-state index in [1.54, 1.807) is 4.68 Å². The van der Waals surface area contributed by atoms with E-state index in [4.69, 9.17) is 0 Å². The topological polar surface area (TPSA) is 71.8 Å². The summed E-state index contributed by atoms with van der Waals surface area (Å²) in [6.45, 7) is 6.58. The molecule has 0 saturated heterocycles. The molecule has 0 fully saturated rings. The fourth-order valence-corrected chi connectivity index (χ4v) is 2.04. The minimum Gasteiger partial charge on any atom is -0.354 e. The number of amides is 1. The molecule has 0 radical (unpaired) electrons. The first kappa shape index (κ1) is 16.2. The quantitative estimate of drug-likeness (QED) is 0.839. The first-order chi connectivity index (χ1) is 10.5. The van der Waals surface area contributed by atoms with Gasteiger partial charge in [0.15, 0.2) is 0 Å². The fourth-order valence-electron chi connectivity index (χ4n) is 2.04. The van der Waals surface area contributed by atoms with Gasteiger partial charge in [0.05, 0.1) is 23.5 Å². The van der Waals surface area contributed by atoms with Crippen molar-refractivity contribution >= 4 is 5.91 Å². The van der Waals surface area contributed by atoms with Gasteiger partial charge in [-0.2, -0.15) is 0 Å². The lowest BCUT2D eigenvalue weighted by molar-refractivity contribution is -0.120. The number of benzene rings is 1. The number of likely N-dealkylation sites (N-methyl/N-ethyl adjacent to an activating group) is 1. The van der Waals surface area contributed by atoms with Crippen molar-refractivity contribution in [2.75, 3.05) is 13.6 Å². The highest BCUT2D eigenvalue weighted by atomic mass is 16.1. The van der Waals surface area contributed by atoms with Crippen LogP contribution in [0.15, 0.2) is 24.3 Å². The minimum absolute atomic E-state index is 0.0406. The van der Waals surface area contributed by atoms with Gasteiger partial charge in [0.25, 0.3) is 0 Å². The van der Waals surface area contributed by atoms with Crippen LogP contribution in [-0.4, -0.2) is 40.5 Å². The third-order valence-corrected chi connectivity index (χ3v) is 3.69. The molecule has 1 heterocycles. The maximum atomic E-state index is 12.0. The van der Waals surface area contributed by atoms with Crippen LogP contribution in [0, 0.1) is 13.8 Å². The van der Waals surface area contributed by atoms with Crippen LogP contribution in [0.3, 0.4) is 0 Å². The summed E-state index contributed by atoms with van der Waals surface area (Å²) in [5.41, 5.74) is 3.74. The molecule has 6 heteroatoms. The Balaban J connectivity index is 2.05. The number of rotatable bonds is 6. The number of hydrogen-bond acceptors (Lipinski definition) is 4. The van der Waals surface area contributed by atoms with E-state index in [1.165, 1.54) is 5.56 Å². The number of nitrogens with one attached hydrogen (secondary N) is 2. The van der Waals surface area contributed by atoms with Crippen molar-refractivity contribution in [3.8, 4) is 5.69 Å². The zero-order chi connectivity index (χ0) is 16.1. The molecule has 1 aromatic carbocycles. The second-order valence-electron chi connectivity index (χ2n) is 5.54. The Hall–Kier alpha value is -2.21. The first-order valence-electron chi connectivity index (χ1n) is 7.43. The van der Waals surface area contributed by atoms with Crippen LogP contribution in [0.2, 0.25) is 0 Å². The van der Waals surface area contributed by atoms with Gasteiger partial charge in [-0.15, -0.1) is 5.10 Å². The summed E-state index contributed by atoms with van der Waals surface area (Å²) in [5.74, 6) is -0.0406. The third-order valence-electron chi connectivity index (χ3n) is 3.69. The first-order valence-corrected chi connectivity index (χ1v) is 7.43. The predicted molar refractivity (Wildman–Crippen MR) is 86.1 cm³/mol. The summed E-state index contributed by atoms with van der Waals surface area (Å²) in [6.07, 6.45) is 0.244. The van der Waals surface area contributed by atoms with Crippen molar-refractivity contribution in [2.24, 2.45) is 0 Å². The summed E-state index contributed by atoms with van der Waals surface area (Å²) in [6, 6.07) is 8.29. The van der Waals surface area contributed by atoms with E-state index in [1.807, 2.05) is 52.1 Å². The van der Waals surface area contributed by atoms with Crippen molar-refractivity contribution in [2.45, 2.75) is 33.2 Å². The monoisotopic (exact) mass is 301 g/mol. The molecule has 1 unspecified atom stereocenters. The van der Waals surface area contributed by atoms with Gasteiger partial charge in [-0.05, 0) is 40.0 Å². The van der Waals surface area contributed by atoms with Crippen LogP contribution in [0.4, 0.5) is 0 Å². The Morgan fingerprint density at radius 3 is 2.59 bits per heavy atom. The van der Waals surface area contributed by atoms with Crippen LogP contribution in [0.25, 0.3) is 5.69 Å². The summed E-state index contributed by atoms with van der Waals surface area (Å²) in [4.78, 5) is 12.0. The van der Waals surface area contributed by atoms with Crippen molar-refractivity contribution < 1.29 is 4.79 Å². The van der Waals surface area contributed by atoms with Gasteiger partial charge in [0.1, 0.15) is 0 Å². The smallest absolute Gasteiger partial charge is 0.226 e. The van der Waals surface area contributed by atoms with Crippen LogP contribution in [0.1, 0.15) is 23.9 Å². The maximum absolute atomic E-state index is 12.0. The number of hydrogen-bond donors (Lipinski definition) is 2. The molecule has 6 nitrogen and oxygen atoms in total. The zero-order valence-electron chi connectivity index (χ0n) is 13.6. The van der Waals surface area contributed by atoms with E-state index in [2.05, 4.69) is 20.9 Å². The van der Waals surface area contributed by atoms with E-state index in [0.717, 1.165) is 11.4 Å². The molecule has 1 amide bonds. The Bertz CT molecular complexity index is 632. The average Bonchev–Trinajstić information content (AvgIpc) is 2.87. The van der Waals surface area contributed by atoms with Gasteiger partial charge >= 0.3 is 0 Å². The number of carbonyl (C=O) groups is 1. The number of aromatic nitrogens is 3.